The largest absolute Gasteiger partial charge is 0.466 e. The molecule has 0 saturated carbocycles. The van der Waals surface area contributed by atoms with Gasteiger partial charge in [-0.15, -0.1) is 0 Å². The lowest BCUT2D eigenvalue weighted by atomic mass is 9.95. The second-order valence-electron chi connectivity index (χ2n) is 3.78. The molecule has 0 aromatic carbocycles. The third-order valence-electron chi connectivity index (χ3n) is 2.55. The zero-order valence-electron chi connectivity index (χ0n) is 9.84. The van der Waals surface area contributed by atoms with Crippen LogP contribution in [0.15, 0.2) is 0 Å². The molecular weight excluding hydrogens is 176 g/mol. The second kappa shape index (κ2) is 9.04. The number of esters is 1. The molecule has 1 atom stereocenters. The molecule has 0 aliphatic carbocycles. The Morgan fingerprint density at radius 1 is 1.21 bits per heavy atom. The molecule has 0 bridgehead atoms. The fraction of sp³-hybridized carbons (Fsp3) is 0.917. The van der Waals surface area contributed by atoms with E-state index in [0.717, 1.165) is 6.42 Å². The number of hydrogen-bond donors (Lipinski definition) is 0. The summed E-state index contributed by atoms with van der Waals surface area (Å²) in [6.07, 6.45) is 6.63. The number of ether oxygens (including phenoxy) is 1. The van der Waals surface area contributed by atoms with Crippen LogP contribution in [-0.2, 0) is 9.53 Å². The lowest BCUT2D eigenvalue weighted by Gasteiger charge is -2.13. The molecule has 0 aliphatic heterocycles. The van der Waals surface area contributed by atoms with Gasteiger partial charge in [-0.05, 0) is 19.3 Å². The van der Waals surface area contributed by atoms with Gasteiger partial charge in [0, 0.05) is 6.42 Å². The quantitative estimate of drug-likeness (QED) is 0.442. The van der Waals surface area contributed by atoms with Crippen molar-refractivity contribution in [2.45, 2.75) is 59.3 Å². The zero-order chi connectivity index (χ0) is 10.8. The molecule has 0 rings (SSSR count). The summed E-state index contributed by atoms with van der Waals surface area (Å²) in [6.45, 7) is 6.71. The summed E-state index contributed by atoms with van der Waals surface area (Å²) in [6, 6.07) is 0. The van der Waals surface area contributed by atoms with Gasteiger partial charge in [0.25, 0.3) is 0 Å². The van der Waals surface area contributed by atoms with Crippen molar-refractivity contribution in [3.8, 4) is 0 Å². The van der Waals surface area contributed by atoms with Gasteiger partial charge in [0.15, 0.2) is 0 Å². The van der Waals surface area contributed by atoms with Crippen LogP contribution in [-0.4, -0.2) is 12.6 Å². The van der Waals surface area contributed by atoms with Crippen molar-refractivity contribution >= 4 is 5.97 Å². The second-order valence-corrected chi connectivity index (χ2v) is 3.78. The molecule has 0 aromatic heterocycles. The van der Waals surface area contributed by atoms with Crippen LogP contribution in [0.3, 0.4) is 0 Å². The van der Waals surface area contributed by atoms with Crippen LogP contribution in [0.2, 0.25) is 0 Å². The van der Waals surface area contributed by atoms with Crippen LogP contribution < -0.4 is 0 Å². The summed E-state index contributed by atoms with van der Waals surface area (Å²) in [5.41, 5.74) is 0. The van der Waals surface area contributed by atoms with Crippen molar-refractivity contribution in [1.29, 1.82) is 0 Å². The van der Waals surface area contributed by atoms with E-state index in [1.54, 1.807) is 0 Å². The third kappa shape index (κ3) is 6.93. The van der Waals surface area contributed by atoms with Gasteiger partial charge in [0.2, 0.25) is 0 Å². The average Bonchev–Trinajstić information content (AvgIpc) is 2.17. The van der Waals surface area contributed by atoms with Gasteiger partial charge < -0.3 is 4.74 Å². The molecule has 0 heterocycles. The van der Waals surface area contributed by atoms with Gasteiger partial charge in [-0.25, -0.2) is 0 Å². The number of unbranched alkanes of at least 4 members (excludes halogenated alkanes) is 2. The minimum Gasteiger partial charge on any atom is -0.466 e. The molecule has 0 aromatic rings. The monoisotopic (exact) mass is 200 g/mol. The normalized spacial score (nSPS) is 12.5. The maximum Gasteiger partial charge on any atom is 0.306 e. The fourth-order valence-electron chi connectivity index (χ4n) is 1.59. The van der Waals surface area contributed by atoms with Crippen molar-refractivity contribution in [1.82, 2.24) is 0 Å². The smallest absolute Gasteiger partial charge is 0.306 e. The minimum atomic E-state index is -0.0316. The molecular formula is C12H24O2. The van der Waals surface area contributed by atoms with Crippen LogP contribution in [0.1, 0.15) is 59.3 Å². The highest BCUT2D eigenvalue weighted by Gasteiger charge is 2.12. The molecule has 0 amide bonds. The highest BCUT2D eigenvalue weighted by Crippen LogP contribution is 2.17. The highest BCUT2D eigenvalue weighted by molar-refractivity contribution is 5.69. The minimum absolute atomic E-state index is 0.0316. The average molecular weight is 200 g/mol. The first-order valence-corrected chi connectivity index (χ1v) is 5.90. The zero-order valence-corrected chi connectivity index (χ0v) is 9.84. The maximum atomic E-state index is 11.2. The van der Waals surface area contributed by atoms with Crippen molar-refractivity contribution in [3.05, 3.63) is 0 Å². The number of rotatable bonds is 8. The first kappa shape index (κ1) is 13.5. The predicted octanol–water partition coefficient (Wildman–Crippen LogP) is 3.55. The molecule has 2 heteroatoms. The molecule has 1 unspecified atom stereocenters. The number of carbonyl (C=O) groups is 1. The van der Waals surface area contributed by atoms with E-state index in [-0.39, 0.29) is 5.97 Å². The highest BCUT2D eigenvalue weighted by atomic mass is 16.5. The van der Waals surface area contributed by atoms with E-state index in [1.807, 2.05) is 6.92 Å². The molecule has 84 valence electrons. The Hall–Kier alpha value is -0.530. The first-order valence-electron chi connectivity index (χ1n) is 5.90. The Labute approximate surface area is 88.0 Å². The summed E-state index contributed by atoms with van der Waals surface area (Å²) in [7, 11) is 0. The van der Waals surface area contributed by atoms with Crippen molar-refractivity contribution in [2.24, 2.45) is 5.92 Å². The van der Waals surface area contributed by atoms with Crippen molar-refractivity contribution in [2.75, 3.05) is 6.61 Å². The van der Waals surface area contributed by atoms with Crippen LogP contribution in [0.25, 0.3) is 0 Å². The van der Waals surface area contributed by atoms with Gasteiger partial charge in [-0.3, -0.25) is 4.79 Å². The van der Waals surface area contributed by atoms with Crippen LogP contribution in [0.4, 0.5) is 0 Å². The summed E-state index contributed by atoms with van der Waals surface area (Å²) >= 11 is 0. The summed E-state index contributed by atoms with van der Waals surface area (Å²) in [5, 5.41) is 0. The Bertz CT molecular complexity index is 143. The maximum absolute atomic E-state index is 11.2. The van der Waals surface area contributed by atoms with E-state index in [9.17, 15) is 4.79 Å². The van der Waals surface area contributed by atoms with E-state index in [4.69, 9.17) is 4.74 Å². The lowest BCUT2D eigenvalue weighted by molar-refractivity contribution is -0.144. The topological polar surface area (TPSA) is 26.3 Å². The molecule has 0 N–H and O–H groups in total. The lowest BCUT2D eigenvalue weighted by Crippen LogP contribution is -2.11. The number of hydrogen-bond acceptors (Lipinski definition) is 2. The Morgan fingerprint density at radius 2 is 1.93 bits per heavy atom. The van der Waals surface area contributed by atoms with Gasteiger partial charge in [-0.2, -0.15) is 0 Å². The van der Waals surface area contributed by atoms with E-state index in [1.165, 1.54) is 25.7 Å². The molecule has 2 nitrogen and oxygen atoms in total. The van der Waals surface area contributed by atoms with Gasteiger partial charge in [0.05, 0.1) is 6.61 Å². The molecule has 14 heavy (non-hydrogen) atoms. The van der Waals surface area contributed by atoms with E-state index in [0.29, 0.717) is 18.9 Å². The molecule has 0 saturated heterocycles. The van der Waals surface area contributed by atoms with E-state index >= 15 is 0 Å². The van der Waals surface area contributed by atoms with Crippen LogP contribution >= 0.6 is 0 Å². The van der Waals surface area contributed by atoms with Crippen molar-refractivity contribution < 1.29 is 9.53 Å². The van der Waals surface area contributed by atoms with Crippen LogP contribution in [0.5, 0.6) is 0 Å². The fourth-order valence-corrected chi connectivity index (χ4v) is 1.59. The van der Waals surface area contributed by atoms with E-state index < -0.39 is 0 Å². The summed E-state index contributed by atoms with van der Waals surface area (Å²) in [4.78, 5) is 11.2. The first-order chi connectivity index (χ1) is 6.74. The molecule has 0 aliphatic rings. The molecule has 0 radical (unpaired) electrons. The standard InChI is InChI=1S/C12H24O2/c1-4-7-8-9-11(5-2)10-12(13)14-6-3/h11H,4-10H2,1-3H3. The van der Waals surface area contributed by atoms with Gasteiger partial charge in [-0.1, -0.05) is 39.5 Å². The number of carbonyl (C=O) groups excluding carboxylic acids is 1. The summed E-state index contributed by atoms with van der Waals surface area (Å²) < 4.78 is 4.94. The SMILES string of the molecule is CCCCCC(CC)CC(=O)OCC. The molecule has 0 spiro atoms. The van der Waals surface area contributed by atoms with Crippen molar-refractivity contribution in [3.63, 3.8) is 0 Å². The van der Waals surface area contributed by atoms with Gasteiger partial charge >= 0.3 is 5.97 Å². The summed E-state index contributed by atoms with van der Waals surface area (Å²) in [5.74, 6) is 0.497. The molecule has 0 fully saturated rings. The van der Waals surface area contributed by atoms with Crippen LogP contribution in [0, 0.1) is 5.92 Å². The predicted molar refractivity (Wildman–Crippen MR) is 59.2 cm³/mol. The Morgan fingerprint density at radius 3 is 2.43 bits per heavy atom. The Kier molecular flexibility index (Phi) is 8.70. The van der Waals surface area contributed by atoms with E-state index in [2.05, 4.69) is 13.8 Å². The van der Waals surface area contributed by atoms with Gasteiger partial charge in [0.1, 0.15) is 0 Å². The third-order valence-corrected chi connectivity index (χ3v) is 2.55. The Balaban J connectivity index is 3.61.